The molecule has 0 bridgehead atoms. The zero-order valence-corrected chi connectivity index (χ0v) is 20.6. The molecule has 0 fully saturated rings. The van der Waals surface area contributed by atoms with Crippen LogP contribution < -0.4 is 11.1 Å². The van der Waals surface area contributed by atoms with E-state index in [0.717, 1.165) is 34.5 Å². The number of rotatable bonds is 3. The molecular formula is C17H26N2O6S4. The number of carbonyl (C=O) groups is 1. The number of aryl methyl sites for hydroxylation is 2. The molecule has 0 unspecified atom stereocenters. The Balaban J connectivity index is 0.000000326. The van der Waals surface area contributed by atoms with E-state index in [1.807, 2.05) is 0 Å². The molecule has 0 radical (unpaired) electrons. The SMILES string of the molecule is Cc1cc(S(C)(=O)=O)sc1N.Cc1cc(S(C)(=O)=O)sc1NC(=O)OC(C)(C)C. The Hall–Kier alpha value is -1.63. The van der Waals surface area contributed by atoms with Crippen LogP contribution in [-0.2, 0) is 24.4 Å². The number of nitrogens with two attached hydrogens (primary N) is 1. The van der Waals surface area contributed by atoms with E-state index >= 15 is 0 Å². The summed E-state index contributed by atoms with van der Waals surface area (Å²) in [5.74, 6) is 0. The molecular weight excluding hydrogens is 456 g/mol. The first-order chi connectivity index (χ1) is 12.9. The molecule has 2 aromatic heterocycles. The molecule has 0 spiro atoms. The van der Waals surface area contributed by atoms with Crippen LogP contribution in [0, 0.1) is 13.8 Å². The molecule has 8 nitrogen and oxygen atoms in total. The van der Waals surface area contributed by atoms with Crippen molar-refractivity contribution in [2.24, 2.45) is 0 Å². The fourth-order valence-corrected chi connectivity index (χ4v) is 5.78. The molecule has 0 aliphatic rings. The van der Waals surface area contributed by atoms with Crippen LogP contribution in [0.15, 0.2) is 20.6 Å². The monoisotopic (exact) mass is 482 g/mol. The van der Waals surface area contributed by atoms with Gasteiger partial charge in [-0.15, -0.1) is 22.7 Å². The Morgan fingerprint density at radius 3 is 1.72 bits per heavy atom. The molecule has 0 aliphatic carbocycles. The Morgan fingerprint density at radius 2 is 1.41 bits per heavy atom. The highest BCUT2D eigenvalue weighted by Crippen LogP contribution is 2.31. The first-order valence-corrected chi connectivity index (χ1v) is 13.7. The van der Waals surface area contributed by atoms with Crippen LogP contribution in [-0.4, -0.2) is 41.0 Å². The predicted octanol–water partition coefficient (Wildman–Crippen LogP) is 3.85. The van der Waals surface area contributed by atoms with Crippen molar-refractivity contribution in [2.75, 3.05) is 23.6 Å². The second-order valence-corrected chi connectivity index (χ2v) is 14.0. The summed E-state index contributed by atoms with van der Waals surface area (Å²) < 4.78 is 50.3. The molecule has 3 N–H and O–H groups in total. The lowest BCUT2D eigenvalue weighted by Gasteiger charge is -2.19. The summed E-state index contributed by atoms with van der Waals surface area (Å²) in [5.41, 5.74) is 6.43. The van der Waals surface area contributed by atoms with E-state index in [2.05, 4.69) is 5.32 Å². The van der Waals surface area contributed by atoms with Crippen LogP contribution in [0.4, 0.5) is 14.8 Å². The number of nitrogens with one attached hydrogen (secondary N) is 1. The maximum atomic E-state index is 11.6. The molecule has 0 atom stereocenters. The van der Waals surface area contributed by atoms with Crippen LogP contribution in [0.2, 0.25) is 0 Å². The van der Waals surface area contributed by atoms with Gasteiger partial charge in [0.1, 0.15) is 19.0 Å². The van der Waals surface area contributed by atoms with Gasteiger partial charge in [-0.05, 0) is 57.9 Å². The lowest BCUT2D eigenvalue weighted by Crippen LogP contribution is -2.27. The van der Waals surface area contributed by atoms with Gasteiger partial charge < -0.3 is 10.5 Å². The average Bonchev–Trinajstić information content (AvgIpc) is 3.01. The topological polar surface area (TPSA) is 133 Å². The number of amides is 1. The number of nitrogen functional groups attached to an aromatic ring is 1. The summed E-state index contributed by atoms with van der Waals surface area (Å²) in [5, 5.41) is 3.62. The lowest BCUT2D eigenvalue weighted by atomic mass is 10.2. The van der Waals surface area contributed by atoms with E-state index < -0.39 is 31.4 Å². The van der Waals surface area contributed by atoms with Crippen molar-refractivity contribution in [2.45, 2.75) is 48.6 Å². The molecule has 1 amide bonds. The molecule has 12 heteroatoms. The normalized spacial score (nSPS) is 12.1. The van der Waals surface area contributed by atoms with E-state index in [0.29, 0.717) is 19.8 Å². The Bertz CT molecular complexity index is 1070. The zero-order chi connectivity index (χ0) is 22.8. The van der Waals surface area contributed by atoms with Gasteiger partial charge >= 0.3 is 6.09 Å². The third-order valence-corrected chi connectivity index (χ3v) is 9.00. The minimum atomic E-state index is -3.25. The van der Waals surface area contributed by atoms with Gasteiger partial charge in [-0.2, -0.15) is 0 Å². The third-order valence-electron chi connectivity index (χ3n) is 3.17. The van der Waals surface area contributed by atoms with Gasteiger partial charge in [0.25, 0.3) is 0 Å². The molecule has 164 valence electrons. The largest absolute Gasteiger partial charge is 0.444 e. The van der Waals surface area contributed by atoms with Crippen LogP contribution in [0.5, 0.6) is 0 Å². The van der Waals surface area contributed by atoms with E-state index in [4.69, 9.17) is 10.5 Å². The van der Waals surface area contributed by atoms with Gasteiger partial charge in [0.2, 0.25) is 0 Å². The summed E-state index contributed by atoms with van der Waals surface area (Å²) in [4.78, 5) is 11.6. The number of carbonyl (C=O) groups excluding carboxylic acids is 1. The minimum Gasteiger partial charge on any atom is -0.444 e. The molecule has 0 aromatic carbocycles. The summed E-state index contributed by atoms with van der Waals surface area (Å²) in [6.45, 7) is 8.81. The van der Waals surface area contributed by atoms with Gasteiger partial charge in [-0.25, -0.2) is 21.6 Å². The quantitative estimate of drug-likeness (QED) is 0.679. The smallest absolute Gasteiger partial charge is 0.412 e. The summed E-state index contributed by atoms with van der Waals surface area (Å²) in [6, 6.07) is 3.13. The second-order valence-electron chi connectivity index (χ2n) is 7.36. The third kappa shape index (κ3) is 8.33. The van der Waals surface area contributed by atoms with Crippen molar-refractivity contribution in [3.8, 4) is 0 Å². The van der Waals surface area contributed by atoms with Crippen molar-refractivity contribution < 1.29 is 26.4 Å². The van der Waals surface area contributed by atoms with E-state index in [1.54, 1.807) is 40.7 Å². The van der Waals surface area contributed by atoms with Crippen LogP contribution in [0.1, 0.15) is 31.9 Å². The highest BCUT2D eigenvalue weighted by molar-refractivity contribution is 7.93. The van der Waals surface area contributed by atoms with Crippen molar-refractivity contribution in [1.29, 1.82) is 0 Å². The average molecular weight is 483 g/mol. The van der Waals surface area contributed by atoms with Gasteiger partial charge in [-0.1, -0.05) is 0 Å². The van der Waals surface area contributed by atoms with Gasteiger partial charge in [0, 0.05) is 12.5 Å². The van der Waals surface area contributed by atoms with Crippen molar-refractivity contribution in [1.82, 2.24) is 0 Å². The van der Waals surface area contributed by atoms with Crippen molar-refractivity contribution in [3.63, 3.8) is 0 Å². The first kappa shape index (κ1) is 25.4. The number of sulfone groups is 2. The van der Waals surface area contributed by atoms with E-state index in [9.17, 15) is 21.6 Å². The molecule has 0 saturated heterocycles. The number of hydrogen-bond acceptors (Lipinski definition) is 9. The number of anilines is 2. The van der Waals surface area contributed by atoms with Crippen molar-refractivity contribution >= 4 is 58.4 Å². The maximum Gasteiger partial charge on any atom is 0.412 e. The van der Waals surface area contributed by atoms with Crippen LogP contribution in [0.25, 0.3) is 0 Å². The highest BCUT2D eigenvalue weighted by atomic mass is 32.2. The molecule has 0 saturated carbocycles. The molecule has 29 heavy (non-hydrogen) atoms. The number of thiophene rings is 2. The lowest BCUT2D eigenvalue weighted by molar-refractivity contribution is 0.0636. The Kier molecular flexibility index (Phi) is 7.91. The highest BCUT2D eigenvalue weighted by Gasteiger charge is 2.19. The fourth-order valence-electron chi connectivity index (χ4n) is 1.80. The fraction of sp³-hybridized carbons (Fsp3) is 0.471. The van der Waals surface area contributed by atoms with Gasteiger partial charge in [0.05, 0.1) is 5.00 Å². The second kappa shape index (κ2) is 9.02. The van der Waals surface area contributed by atoms with Crippen LogP contribution >= 0.6 is 22.7 Å². The zero-order valence-electron chi connectivity index (χ0n) is 17.3. The minimum absolute atomic E-state index is 0.228. The standard InChI is InChI=1S/C11H17NO4S2.C6H9NO2S2/c1-7-6-8(18(5,14)15)17-9(7)12-10(13)16-11(2,3)4;1-4-3-5(10-6(4)7)11(2,8)9/h6H,1-5H3,(H,12,13);3H,7H2,1-2H3. The maximum absolute atomic E-state index is 11.6. The number of ether oxygens (including phenoxy) is 1. The Morgan fingerprint density at radius 1 is 0.966 bits per heavy atom. The van der Waals surface area contributed by atoms with E-state index in [-0.39, 0.29) is 4.21 Å². The molecule has 2 aromatic rings. The van der Waals surface area contributed by atoms with Gasteiger partial charge in [-0.3, -0.25) is 5.32 Å². The Labute approximate surface area is 179 Å². The van der Waals surface area contributed by atoms with Crippen molar-refractivity contribution in [3.05, 3.63) is 23.3 Å². The van der Waals surface area contributed by atoms with Gasteiger partial charge in [0.15, 0.2) is 19.7 Å². The molecule has 2 rings (SSSR count). The summed E-state index contributed by atoms with van der Waals surface area (Å²) >= 11 is 2.13. The predicted molar refractivity (Wildman–Crippen MR) is 119 cm³/mol. The van der Waals surface area contributed by atoms with E-state index in [1.165, 1.54) is 12.3 Å². The summed E-state index contributed by atoms with van der Waals surface area (Å²) in [6.07, 6.45) is 1.72. The summed E-state index contributed by atoms with van der Waals surface area (Å²) in [7, 11) is -6.31. The molecule has 0 aliphatic heterocycles. The number of hydrogen-bond donors (Lipinski definition) is 2. The first-order valence-electron chi connectivity index (χ1n) is 8.26. The molecule has 2 heterocycles. The van der Waals surface area contributed by atoms with Crippen LogP contribution in [0.3, 0.4) is 0 Å².